The molecule has 0 fully saturated rings. The summed E-state index contributed by atoms with van der Waals surface area (Å²) in [6.07, 6.45) is -2.41. The van der Waals surface area contributed by atoms with Crippen LogP contribution in [-0.4, -0.2) is 23.5 Å². The fourth-order valence-corrected chi connectivity index (χ4v) is 6.45. The third-order valence-electron chi connectivity index (χ3n) is 9.15. The number of nitriles is 1. The van der Waals surface area contributed by atoms with Crippen molar-refractivity contribution in [1.82, 2.24) is 4.98 Å². The third kappa shape index (κ3) is 7.78. The molecule has 0 saturated heterocycles. The van der Waals surface area contributed by atoms with Crippen molar-refractivity contribution in [2.45, 2.75) is 6.54 Å². The largest absolute Gasteiger partial charge is 0.458 e. The molecule has 0 radical (unpaired) electrons. The molecule has 1 heterocycles. The number of halogens is 20. The van der Waals surface area contributed by atoms with E-state index in [4.69, 9.17) is 10.00 Å². The van der Waals surface area contributed by atoms with E-state index in [0.29, 0.717) is 11.4 Å². The summed E-state index contributed by atoms with van der Waals surface area (Å²) < 4.78 is 301. The van der Waals surface area contributed by atoms with Gasteiger partial charge in [0.1, 0.15) is 58.8 Å². The summed E-state index contributed by atoms with van der Waals surface area (Å²) in [5.41, 5.74) is -13.7. The summed E-state index contributed by atoms with van der Waals surface area (Å²) in [6, 6.07) is 10.9. The van der Waals surface area contributed by atoms with Crippen LogP contribution >= 0.6 is 0 Å². The standard InChI is InChI=1S/C24BF20.C14H12N3O2/c26-5-1(6(27)14(35)21(42)13(5)34)25(2-7(28)15(36)22(43)16(37)8(2)29,3-9(30)17(38)23(44)18(39)10(3)31)4-11(32)19(40)24(45)20(41)12(4)33;15-6-9-19-14-11-17(8-7-16-14)10-13(18)12-4-2-1-3-5-12/h;1-5,7-8,11H,9-10H2/q-1;+1. The minimum Gasteiger partial charge on any atom is -0.458 e. The Morgan fingerprint density at radius 3 is 1.09 bits per heavy atom. The highest BCUT2D eigenvalue weighted by atomic mass is 19.2. The van der Waals surface area contributed by atoms with E-state index < -0.39 is 144 Å². The van der Waals surface area contributed by atoms with Crippen LogP contribution in [0, 0.1) is 128 Å². The van der Waals surface area contributed by atoms with E-state index in [0.717, 1.165) is 0 Å². The number of hydrogen-bond donors (Lipinski definition) is 0. The fraction of sp³-hybridized carbons (Fsp3) is 0.0526. The Morgan fingerprint density at radius 1 is 0.500 bits per heavy atom. The quantitative estimate of drug-likeness (QED) is 0.0392. The molecule has 0 aliphatic rings. The van der Waals surface area contributed by atoms with E-state index in [1.807, 2.05) is 24.3 Å². The zero-order valence-electron chi connectivity index (χ0n) is 30.3. The van der Waals surface area contributed by atoms with Crippen LogP contribution in [0.3, 0.4) is 0 Å². The normalized spacial score (nSPS) is 11.3. The number of nitrogens with zero attached hydrogens (tertiary/aromatic N) is 3. The van der Waals surface area contributed by atoms with Crippen molar-refractivity contribution in [1.29, 1.82) is 5.26 Å². The summed E-state index contributed by atoms with van der Waals surface area (Å²) in [5, 5.41) is 8.43. The molecule has 64 heavy (non-hydrogen) atoms. The second-order valence-corrected chi connectivity index (χ2v) is 12.6. The molecular weight excluding hydrogens is 921 g/mol. The van der Waals surface area contributed by atoms with Gasteiger partial charge in [0, 0.05) is 5.56 Å². The number of hydrogen-bond acceptors (Lipinski definition) is 4. The Morgan fingerprint density at radius 2 is 0.797 bits per heavy atom. The molecule has 334 valence electrons. The highest BCUT2D eigenvalue weighted by molar-refractivity contribution is 7.20. The molecule has 0 saturated carbocycles. The van der Waals surface area contributed by atoms with Crippen molar-refractivity contribution in [2.24, 2.45) is 0 Å². The van der Waals surface area contributed by atoms with Gasteiger partial charge in [-0.2, -0.15) is 9.83 Å². The summed E-state index contributed by atoms with van der Waals surface area (Å²) in [7, 11) is 0. The molecule has 0 bridgehead atoms. The van der Waals surface area contributed by atoms with Crippen molar-refractivity contribution in [3.05, 3.63) is 171 Å². The zero-order chi connectivity index (χ0) is 47.9. The number of ketones is 1. The Labute approximate surface area is 341 Å². The zero-order valence-corrected chi connectivity index (χ0v) is 30.3. The van der Waals surface area contributed by atoms with Gasteiger partial charge in [-0.05, 0) is 0 Å². The molecule has 0 atom stereocenters. The van der Waals surface area contributed by atoms with Crippen molar-refractivity contribution in [3.63, 3.8) is 0 Å². The number of carbonyl (C=O) groups excluding carboxylic acids is 1. The first-order valence-corrected chi connectivity index (χ1v) is 16.7. The van der Waals surface area contributed by atoms with Gasteiger partial charge in [-0.1, -0.05) is 30.3 Å². The molecule has 0 spiro atoms. The second kappa shape index (κ2) is 18.3. The Bertz CT molecular complexity index is 2530. The lowest BCUT2D eigenvalue weighted by Crippen LogP contribution is -2.81. The van der Waals surface area contributed by atoms with E-state index in [1.165, 1.54) is 6.20 Å². The molecule has 6 aromatic rings. The smallest absolute Gasteiger partial charge is 0.280 e. The molecule has 5 nitrogen and oxygen atoms in total. The molecule has 0 unspecified atom stereocenters. The van der Waals surface area contributed by atoms with Crippen molar-refractivity contribution in [3.8, 4) is 11.9 Å². The topological polar surface area (TPSA) is 66.9 Å². The van der Waals surface area contributed by atoms with Crippen LogP contribution in [0.25, 0.3) is 0 Å². The molecule has 1 aromatic heterocycles. The first kappa shape index (κ1) is 47.8. The maximum atomic E-state index is 15.4. The van der Waals surface area contributed by atoms with Crippen molar-refractivity contribution in [2.75, 3.05) is 6.61 Å². The summed E-state index contributed by atoms with van der Waals surface area (Å²) in [6.45, 7) is 0.138. The first-order valence-electron chi connectivity index (χ1n) is 16.7. The number of benzene rings is 5. The monoisotopic (exact) mass is 933 g/mol. The van der Waals surface area contributed by atoms with Gasteiger partial charge in [-0.3, -0.25) is 4.79 Å². The lowest BCUT2D eigenvalue weighted by molar-refractivity contribution is -0.684. The second-order valence-electron chi connectivity index (χ2n) is 12.6. The van der Waals surface area contributed by atoms with Gasteiger partial charge in [0.05, 0.1) is 6.20 Å². The maximum absolute atomic E-state index is 15.4. The predicted octanol–water partition coefficient (Wildman–Crippen LogP) is 7.00. The van der Waals surface area contributed by atoms with Gasteiger partial charge in [-0.15, -0.1) is 21.9 Å². The minimum atomic E-state index is -7.22. The number of Topliss-reactive ketones (excluding diaryl/α,β-unsaturated/α-hetero) is 1. The van der Waals surface area contributed by atoms with Crippen molar-refractivity contribution < 1.29 is 102 Å². The average Bonchev–Trinajstić information content (AvgIpc) is 3.28. The third-order valence-corrected chi connectivity index (χ3v) is 9.15. The van der Waals surface area contributed by atoms with Gasteiger partial charge in [0.2, 0.25) is 18.5 Å². The van der Waals surface area contributed by atoms with Gasteiger partial charge in [-0.25, -0.2) is 92.8 Å². The summed E-state index contributed by atoms with van der Waals surface area (Å²) in [5.74, 6) is -71.1. The molecule has 0 aliphatic heterocycles. The highest BCUT2D eigenvalue weighted by Gasteiger charge is 2.52. The predicted molar refractivity (Wildman–Crippen MR) is 176 cm³/mol. The molecular formula is C38H12BF20N3O2. The molecule has 0 aliphatic carbocycles. The average molecular weight is 933 g/mol. The molecule has 0 N–H and O–H groups in total. The van der Waals surface area contributed by atoms with E-state index >= 15 is 35.1 Å². The number of carbonyl (C=O) groups is 1. The lowest BCUT2D eigenvalue weighted by Gasteiger charge is -2.44. The van der Waals surface area contributed by atoms with Crippen LogP contribution in [0.2, 0.25) is 0 Å². The number of rotatable bonds is 9. The van der Waals surface area contributed by atoms with Crippen LogP contribution < -0.4 is 31.2 Å². The highest BCUT2D eigenvalue weighted by Crippen LogP contribution is 2.30. The lowest BCUT2D eigenvalue weighted by atomic mass is 9.12. The van der Waals surface area contributed by atoms with Gasteiger partial charge in [0.25, 0.3) is 5.88 Å². The van der Waals surface area contributed by atoms with Gasteiger partial charge >= 0.3 is 0 Å². The molecule has 0 amide bonds. The van der Waals surface area contributed by atoms with E-state index in [9.17, 15) is 57.5 Å². The van der Waals surface area contributed by atoms with E-state index in [-0.39, 0.29) is 18.9 Å². The van der Waals surface area contributed by atoms with E-state index in [1.54, 1.807) is 29.1 Å². The first-order chi connectivity index (χ1) is 30.0. The van der Waals surface area contributed by atoms with Crippen LogP contribution in [0.4, 0.5) is 87.8 Å². The fourth-order valence-electron chi connectivity index (χ4n) is 6.45. The van der Waals surface area contributed by atoms with Crippen LogP contribution in [0.1, 0.15) is 10.4 Å². The van der Waals surface area contributed by atoms with Crippen LogP contribution in [-0.2, 0) is 6.54 Å². The molecule has 5 aromatic carbocycles. The number of aromatic nitrogens is 2. The minimum absolute atomic E-state index is 0.00281. The number of ether oxygens (including phenoxy) is 1. The summed E-state index contributed by atoms with van der Waals surface area (Å²) >= 11 is 0. The van der Waals surface area contributed by atoms with Gasteiger partial charge < -0.3 is 4.74 Å². The Kier molecular flexibility index (Phi) is 13.7. The van der Waals surface area contributed by atoms with Crippen LogP contribution in [0.5, 0.6) is 5.88 Å². The van der Waals surface area contributed by atoms with Crippen LogP contribution in [0.15, 0.2) is 48.9 Å². The van der Waals surface area contributed by atoms with Crippen molar-refractivity contribution >= 4 is 33.8 Å². The van der Waals surface area contributed by atoms with E-state index in [2.05, 4.69) is 4.98 Å². The Hall–Kier alpha value is -7.20. The maximum Gasteiger partial charge on any atom is 0.280 e. The molecule has 26 heteroatoms. The SMILES string of the molecule is Fc1c(F)c(F)c([B-](c2c(F)c(F)c(F)c(F)c2F)(c2c(F)c(F)c(F)c(F)c2F)c2c(F)c(F)c(F)c(F)c2F)c(F)c1F.N#CCOc1c[n+](CC(=O)c2ccccc2)ccn1. The summed E-state index contributed by atoms with van der Waals surface area (Å²) in [4.78, 5) is 16.0. The molecule has 6 rings (SSSR count). The van der Waals surface area contributed by atoms with Gasteiger partial charge in [0.15, 0.2) is 82.6 Å². The Balaban J connectivity index is 0.000000337.